The third kappa shape index (κ3) is 4.99. The summed E-state index contributed by atoms with van der Waals surface area (Å²) in [4.78, 5) is 14.5. The van der Waals surface area contributed by atoms with E-state index in [1.54, 1.807) is 32.4 Å². The first kappa shape index (κ1) is 17.8. The fourth-order valence-corrected chi connectivity index (χ4v) is 2.42. The average Bonchev–Trinajstić information content (AvgIpc) is 2.61. The molecule has 0 heterocycles. The van der Waals surface area contributed by atoms with E-state index in [9.17, 15) is 4.79 Å². The molecule has 1 amide bonds. The van der Waals surface area contributed by atoms with Crippen LogP contribution in [0.3, 0.4) is 0 Å². The van der Waals surface area contributed by atoms with Gasteiger partial charge in [-0.2, -0.15) is 0 Å². The van der Waals surface area contributed by atoms with E-state index in [1.165, 1.54) is 5.56 Å². The summed E-state index contributed by atoms with van der Waals surface area (Å²) in [5, 5.41) is 2.93. The maximum absolute atomic E-state index is 12.4. The molecule has 0 spiro atoms. The van der Waals surface area contributed by atoms with Gasteiger partial charge < -0.3 is 19.7 Å². The second-order valence-electron chi connectivity index (χ2n) is 5.55. The van der Waals surface area contributed by atoms with E-state index in [2.05, 4.69) is 22.3 Å². The molecule has 0 aliphatic heterocycles. The molecule has 128 valence electrons. The molecule has 0 fully saturated rings. The fourth-order valence-electron chi connectivity index (χ4n) is 2.42. The number of rotatable bonds is 8. The molecule has 0 aromatic heterocycles. The lowest BCUT2D eigenvalue weighted by Crippen LogP contribution is -2.33. The van der Waals surface area contributed by atoms with Crippen LogP contribution < -0.4 is 14.8 Å². The quantitative estimate of drug-likeness (QED) is 0.809. The standard InChI is InChI=1S/C19H24N2O3/c1-21(14-15-7-5-4-6-8-15)12-11-20-19(22)17-13-16(23-2)9-10-18(17)24-3/h4-10,13H,11-12,14H2,1-3H3,(H,20,22). The van der Waals surface area contributed by atoms with Crippen molar-refractivity contribution in [1.82, 2.24) is 10.2 Å². The van der Waals surface area contributed by atoms with E-state index in [1.807, 2.05) is 25.2 Å². The van der Waals surface area contributed by atoms with Crippen molar-refractivity contribution in [2.75, 3.05) is 34.4 Å². The van der Waals surface area contributed by atoms with Crippen molar-refractivity contribution in [2.24, 2.45) is 0 Å². The second-order valence-corrected chi connectivity index (χ2v) is 5.55. The van der Waals surface area contributed by atoms with Gasteiger partial charge in [-0.1, -0.05) is 30.3 Å². The van der Waals surface area contributed by atoms with Crippen LogP contribution >= 0.6 is 0 Å². The predicted octanol–water partition coefficient (Wildman–Crippen LogP) is 2.57. The molecule has 5 heteroatoms. The summed E-state index contributed by atoms with van der Waals surface area (Å²) in [6.07, 6.45) is 0. The van der Waals surface area contributed by atoms with Crippen molar-refractivity contribution in [3.8, 4) is 11.5 Å². The summed E-state index contributed by atoms with van der Waals surface area (Å²) in [5.74, 6) is 0.993. The number of carbonyl (C=O) groups excluding carboxylic acids is 1. The number of nitrogens with zero attached hydrogens (tertiary/aromatic N) is 1. The zero-order chi connectivity index (χ0) is 17.4. The first-order chi connectivity index (χ1) is 11.6. The summed E-state index contributed by atoms with van der Waals surface area (Å²) in [6.45, 7) is 2.16. The number of ether oxygens (including phenoxy) is 2. The predicted molar refractivity (Wildman–Crippen MR) is 94.7 cm³/mol. The summed E-state index contributed by atoms with van der Waals surface area (Å²) >= 11 is 0. The Morgan fingerprint density at radius 2 is 1.83 bits per heavy atom. The minimum Gasteiger partial charge on any atom is -0.497 e. The summed E-state index contributed by atoms with van der Waals surface area (Å²) < 4.78 is 10.4. The van der Waals surface area contributed by atoms with Crippen molar-refractivity contribution in [3.63, 3.8) is 0 Å². The van der Waals surface area contributed by atoms with Crippen molar-refractivity contribution < 1.29 is 14.3 Å². The van der Waals surface area contributed by atoms with E-state index in [-0.39, 0.29) is 5.91 Å². The lowest BCUT2D eigenvalue weighted by molar-refractivity contribution is 0.0946. The van der Waals surface area contributed by atoms with Gasteiger partial charge in [0.25, 0.3) is 5.91 Å². The van der Waals surface area contributed by atoms with Gasteiger partial charge >= 0.3 is 0 Å². The Hall–Kier alpha value is -2.53. The Bertz CT molecular complexity index is 659. The highest BCUT2D eigenvalue weighted by atomic mass is 16.5. The average molecular weight is 328 g/mol. The van der Waals surface area contributed by atoms with Crippen molar-refractivity contribution in [3.05, 3.63) is 59.7 Å². The molecular weight excluding hydrogens is 304 g/mol. The molecule has 24 heavy (non-hydrogen) atoms. The minimum atomic E-state index is -0.168. The Balaban J connectivity index is 1.87. The second kappa shape index (κ2) is 8.93. The van der Waals surface area contributed by atoms with Gasteiger partial charge in [-0.3, -0.25) is 4.79 Å². The highest BCUT2D eigenvalue weighted by Crippen LogP contribution is 2.23. The Labute approximate surface area is 143 Å². The zero-order valence-electron chi connectivity index (χ0n) is 14.4. The first-order valence-electron chi connectivity index (χ1n) is 7.86. The summed E-state index contributed by atoms with van der Waals surface area (Å²) in [7, 11) is 5.15. The molecule has 0 aliphatic rings. The molecule has 2 aromatic carbocycles. The number of amides is 1. The number of nitrogens with one attached hydrogen (secondary N) is 1. The first-order valence-corrected chi connectivity index (χ1v) is 7.86. The molecule has 5 nitrogen and oxygen atoms in total. The van der Waals surface area contributed by atoms with Crippen LogP contribution in [0, 0.1) is 0 Å². The summed E-state index contributed by atoms with van der Waals surface area (Å²) in [6, 6.07) is 15.4. The Morgan fingerprint density at radius 1 is 1.08 bits per heavy atom. The van der Waals surface area contributed by atoms with Gasteiger partial charge in [-0.15, -0.1) is 0 Å². The van der Waals surface area contributed by atoms with Crippen LogP contribution in [0.15, 0.2) is 48.5 Å². The van der Waals surface area contributed by atoms with Crippen molar-refractivity contribution >= 4 is 5.91 Å². The highest BCUT2D eigenvalue weighted by Gasteiger charge is 2.13. The van der Waals surface area contributed by atoms with Gasteiger partial charge in [0, 0.05) is 19.6 Å². The van der Waals surface area contributed by atoms with Crippen LogP contribution in [0.25, 0.3) is 0 Å². The number of methoxy groups -OCH3 is 2. The van der Waals surface area contributed by atoms with E-state index in [4.69, 9.17) is 9.47 Å². The number of hydrogen-bond acceptors (Lipinski definition) is 4. The van der Waals surface area contributed by atoms with Gasteiger partial charge in [0.05, 0.1) is 19.8 Å². The Morgan fingerprint density at radius 3 is 2.50 bits per heavy atom. The van der Waals surface area contributed by atoms with E-state index in [0.717, 1.165) is 13.1 Å². The topological polar surface area (TPSA) is 50.8 Å². The van der Waals surface area contributed by atoms with Crippen LogP contribution in [0.1, 0.15) is 15.9 Å². The number of hydrogen-bond donors (Lipinski definition) is 1. The molecule has 2 aromatic rings. The van der Waals surface area contributed by atoms with Crippen LogP contribution in [-0.2, 0) is 6.54 Å². The Kier molecular flexibility index (Phi) is 6.63. The van der Waals surface area contributed by atoms with Gasteiger partial charge in [-0.05, 0) is 30.8 Å². The van der Waals surface area contributed by atoms with Crippen LogP contribution in [0.4, 0.5) is 0 Å². The van der Waals surface area contributed by atoms with Crippen molar-refractivity contribution in [2.45, 2.75) is 6.54 Å². The molecule has 1 N–H and O–H groups in total. The van der Waals surface area contributed by atoms with Gasteiger partial charge in [0.15, 0.2) is 0 Å². The maximum atomic E-state index is 12.4. The molecule has 0 saturated heterocycles. The number of likely N-dealkylation sites (N-methyl/N-ethyl adjacent to an activating group) is 1. The molecule has 0 saturated carbocycles. The molecule has 0 bridgehead atoms. The number of carbonyl (C=O) groups is 1. The van der Waals surface area contributed by atoms with E-state index in [0.29, 0.717) is 23.6 Å². The van der Waals surface area contributed by atoms with Gasteiger partial charge in [0.2, 0.25) is 0 Å². The minimum absolute atomic E-state index is 0.168. The molecule has 2 rings (SSSR count). The maximum Gasteiger partial charge on any atom is 0.255 e. The number of benzene rings is 2. The third-order valence-corrected chi connectivity index (χ3v) is 3.73. The molecule has 0 radical (unpaired) electrons. The largest absolute Gasteiger partial charge is 0.497 e. The summed E-state index contributed by atoms with van der Waals surface area (Å²) in [5.41, 5.74) is 1.73. The highest BCUT2D eigenvalue weighted by molar-refractivity contribution is 5.97. The SMILES string of the molecule is COc1ccc(OC)c(C(=O)NCCN(C)Cc2ccccc2)c1. The van der Waals surface area contributed by atoms with E-state index >= 15 is 0 Å². The normalized spacial score (nSPS) is 10.5. The zero-order valence-corrected chi connectivity index (χ0v) is 14.4. The molecule has 0 aliphatic carbocycles. The lowest BCUT2D eigenvalue weighted by Gasteiger charge is -2.17. The van der Waals surface area contributed by atoms with Crippen molar-refractivity contribution in [1.29, 1.82) is 0 Å². The molecule has 0 atom stereocenters. The van der Waals surface area contributed by atoms with Crippen LogP contribution in [0.5, 0.6) is 11.5 Å². The monoisotopic (exact) mass is 328 g/mol. The van der Waals surface area contributed by atoms with E-state index < -0.39 is 0 Å². The van der Waals surface area contributed by atoms with Crippen LogP contribution in [-0.4, -0.2) is 45.2 Å². The van der Waals surface area contributed by atoms with Crippen LogP contribution in [0.2, 0.25) is 0 Å². The fraction of sp³-hybridized carbons (Fsp3) is 0.316. The molecule has 0 unspecified atom stereocenters. The van der Waals surface area contributed by atoms with Gasteiger partial charge in [-0.25, -0.2) is 0 Å². The smallest absolute Gasteiger partial charge is 0.255 e. The van der Waals surface area contributed by atoms with Gasteiger partial charge in [0.1, 0.15) is 11.5 Å². The molecular formula is C19H24N2O3. The third-order valence-electron chi connectivity index (χ3n) is 3.73. The lowest BCUT2D eigenvalue weighted by atomic mass is 10.1.